The third-order valence-corrected chi connectivity index (χ3v) is 2.22. The van der Waals surface area contributed by atoms with E-state index in [1.54, 1.807) is 12.1 Å². The maximum absolute atomic E-state index is 11.3. The van der Waals surface area contributed by atoms with Crippen LogP contribution in [0, 0.1) is 0 Å². The van der Waals surface area contributed by atoms with E-state index in [-0.39, 0.29) is 11.9 Å². The van der Waals surface area contributed by atoms with Gasteiger partial charge in [0.15, 0.2) is 5.82 Å². The summed E-state index contributed by atoms with van der Waals surface area (Å²) in [6.45, 7) is 1.93. The number of pyridine rings is 1. The molecule has 14 heavy (non-hydrogen) atoms. The summed E-state index contributed by atoms with van der Waals surface area (Å²) in [5.74, 6) is 0.628. The van der Waals surface area contributed by atoms with E-state index in [0.29, 0.717) is 23.1 Å². The average Bonchev–Trinajstić information content (AvgIpc) is 2.21. The number of amides is 1. The van der Waals surface area contributed by atoms with Crippen molar-refractivity contribution in [2.24, 2.45) is 0 Å². The van der Waals surface area contributed by atoms with E-state index < -0.39 is 0 Å². The van der Waals surface area contributed by atoms with Gasteiger partial charge in [0.2, 0.25) is 5.91 Å². The van der Waals surface area contributed by atoms with Crippen molar-refractivity contribution in [3.05, 3.63) is 17.3 Å². The van der Waals surface area contributed by atoms with Crippen LogP contribution in [0.5, 0.6) is 0 Å². The lowest BCUT2D eigenvalue weighted by molar-refractivity contribution is -0.116. The summed E-state index contributed by atoms with van der Waals surface area (Å²) in [5, 5.41) is 6.29. The van der Waals surface area contributed by atoms with Gasteiger partial charge in [0.1, 0.15) is 5.15 Å². The first-order valence-electron chi connectivity index (χ1n) is 4.38. The van der Waals surface area contributed by atoms with Gasteiger partial charge in [-0.15, -0.1) is 0 Å². The highest BCUT2D eigenvalue weighted by Gasteiger charge is 2.18. The molecule has 2 heterocycles. The molecule has 2 rings (SSSR count). The SMILES string of the molecule is CC1CC(=O)Nc2ccc(Cl)nc2N1. The molecule has 1 unspecified atom stereocenters. The quantitative estimate of drug-likeness (QED) is 0.645. The van der Waals surface area contributed by atoms with E-state index in [0.717, 1.165) is 0 Å². The predicted octanol–water partition coefficient (Wildman–Crippen LogP) is 1.88. The molecule has 0 aromatic carbocycles. The number of nitrogens with zero attached hydrogens (tertiary/aromatic N) is 1. The summed E-state index contributed by atoms with van der Waals surface area (Å²) in [6, 6.07) is 3.47. The van der Waals surface area contributed by atoms with Gasteiger partial charge in [0.25, 0.3) is 0 Å². The Balaban J connectivity index is 2.41. The monoisotopic (exact) mass is 211 g/mol. The van der Waals surface area contributed by atoms with Crippen molar-refractivity contribution in [2.75, 3.05) is 10.6 Å². The number of carbonyl (C=O) groups excluding carboxylic acids is 1. The first-order valence-corrected chi connectivity index (χ1v) is 4.76. The van der Waals surface area contributed by atoms with Crippen LogP contribution in [0.2, 0.25) is 5.15 Å². The minimum Gasteiger partial charge on any atom is -0.365 e. The van der Waals surface area contributed by atoms with E-state index in [1.807, 2.05) is 6.92 Å². The van der Waals surface area contributed by atoms with Crippen molar-refractivity contribution in [1.29, 1.82) is 0 Å². The summed E-state index contributed by atoms with van der Waals surface area (Å²) in [6.07, 6.45) is 0.438. The molecular formula is C9H10ClN3O. The van der Waals surface area contributed by atoms with Crippen LogP contribution >= 0.6 is 11.6 Å². The van der Waals surface area contributed by atoms with Gasteiger partial charge < -0.3 is 10.6 Å². The van der Waals surface area contributed by atoms with Crippen LogP contribution in [-0.4, -0.2) is 16.9 Å². The fourth-order valence-electron chi connectivity index (χ4n) is 1.41. The number of rotatable bonds is 0. The van der Waals surface area contributed by atoms with E-state index >= 15 is 0 Å². The molecule has 1 aliphatic rings. The van der Waals surface area contributed by atoms with Crippen molar-refractivity contribution < 1.29 is 4.79 Å². The summed E-state index contributed by atoms with van der Waals surface area (Å²) in [5.41, 5.74) is 0.684. The number of nitrogens with one attached hydrogen (secondary N) is 2. The van der Waals surface area contributed by atoms with Crippen LogP contribution in [0.15, 0.2) is 12.1 Å². The lowest BCUT2D eigenvalue weighted by atomic mass is 10.2. The number of halogens is 1. The molecule has 0 radical (unpaired) electrons. The summed E-state index contributed by atoms with van der Waals surface area (Å²) in [4.78, 5) is 15.4. The molecule has 1 atom stereocenters. The Labute approximate surface area is 86.7 Å². The Kier molecular flexibility index (Phi) is 2.29. The van der Waals surface area contributed by atoms with Gasteiger partial charge in [0.05, 0.1) is 5.69 Å². The van der Waals surface area contributed by atoms with E-state index in [1.165, 1.54) is 0 Å². The molecule has 0 saturated heterocycles. The predicted molar refractivity (Wildman–Crippen MR) is 55.6 cm³/mol. The zero-order chi connectivity index (χ0) is 10.1. The maximum atomic E-state index is 11.3. The van der Waals surface area contributed by atoms with Gasteiger partial charge in [-0.25, -0.2) is 4.98 Å². The van der Waals surface area contributed by atoms with Crippen LogP contribution in [0.1, 0.15) is 13.3 Å². The number of hydrogen-bond acceptors (Lipinski definition) is 3. The Morgan fingerprint density at radius 3 is 3.14 bits per heavy atom. The van der Waals surface area contributed by atoms with E-state index in [4.69, 9.17) is 11.6 Å². The largest absolute Gasteiger partial charge is 0.365 e. The van der Waals surface area contributed by atoms with Gasteiger partial charge in [0, 0.05) is 12.5 Å². The highest BCUT2D eigenvalue weighted by molar-refractivity contribution is 6.29. The molecule has 1 aromatic heterocycles. The Morgan fingerprint density at radius 1 is 1.57 bits per heavy atom. The average molecular weight is 212 g/mol. The van der Waals surface area contributed by atoms with Gasteiger partial charge in [-0.1, -0.05) is 11.6 Å². The second kappa shape index (κ2) is 3.46. The normalized spacial score (nSPS) is 20.4. The molecule has 2 N–H and O–H groups in total. The molecule has 0 fully saturated rings. The molecule has 1 aromatic rings. The summed E-state index contributed by atoms with van der Waals surface area (Å²) >= 11 is 5.75. The molecule has 0 bridgehead atoms. The number of fused-ring (bicyclic) bond motifs is 1. The second-order valence-electron chi connectivity index (χ2n) is 3.33. The molecule has 74 valence electrons. The van der Waals surface area contributed by atoms with Crippen LogP contribution < -0.4 is 10.6 Å². The maximum Gasteiger partial charge on any atom is 0.226 e. The second-order valence-corrected chi connectivity index (χ2v) is 3.72. The van der Waals surface area contributed by atoms with Crippen LogP contribution in [-0.2, 0) is 4.79 Å². The summed E-state index contributed by atoms with van der Waals surface area (Å²) < 4.78 is 0. The zero-order valence-electron chi connectivity index (χ0n) is 7.67. The zero-order valence-corrected chi connectivity index (χ0v) is 8.43. The molecule has 1 amide bonds. The van der Waals surface area contributed by atoms with Gasteiger partial charge in [-0.05, 0) is 19.1 Å². The lowest BCUT2D eigenvalue weighted by Gasteiger charge is -2.09. The Hall–Kier alpha value is -1.29. The number of anilines is 2. The first-order chi connectivity index (χ1) is 6.65. The fraction of sp³-hybridized carbons (Fsp3) is 0.333. The summed E-state index contributed by atoms with van der Waals surface area (Å²) in [7, 11) is 0. The van der Waals surface area contributed by atoms with Gasteiger partial charge in [-0.2, -0.15) is 0 Å². The molecule has 0 aliphatic carbocycles. The van der Waals surface area contributed by atoms with E-state index in [2.05, 4.69) is 15.6 Å². The molecular weight excluding hydrogens is 202 g/mol. The number of aromatic nitrogens is 1. The first kappa shape index (κ1) is 9.27. The van der Waals surface area contributed by atoms with Crippen LogP contribution in [0.3, 0.4) is 0 Å². The van der Waals surface area contributed by atoms with Gasteiger partial charge in [-0.3, -0.25) is 4.79 Å². The third-order valence-electron chi connectivity index (χ3n) is 2.01. The van der Waals surface area contributed by atoms with Crippen molar-refractivity contribution in [3.8, 4) is 0 Å². The van der Waals surface area contributed by atoms with Crippen LogP contribution in [0.4, 0.5) is 11.5 Å². The van der Waals surface area contributed by atoms with Crippen molar-refractivity contribution in [3.63, 3.8) is 0 Å². The van der Waals surface area contributed by atoms with E-state index in [9.17, 15) is 4.79 Å². The molecule has 1 aliphatic heterocycles. The molecule has 0 saturated carbocycles. The van der Waals surface area contributed by atoms with Crippen molar-refractivity contribution in [1.82, 2.24) is 4.98 Å². The standard InChI is InChI=1S/C9H10ClN3O/c1-5-4-8(14)12-6-2-3-7(10)13-9(6)11-5/h2-3,5H,4H2,1H3,(H,11,13)(H,12,14). The number of hydrogen-bond donors (Lipinski definition) is 2. The minimum absolute atomic E-state index is 0.00660. The fourth-order valence-corrected chi connectivity index (χ4v) is 1.56. The third kappa shape index (κ3) is 1.80. The smallest absolute Gasteiger partial charge is 0.226 e. The molecule has 4 nitrogen and oxygen atoms in total. The van der Waals surface area contributed by atoms with Gasteiger partial charge >= 0.3 is 0 Å². The highest BCUT2D eigenvalue weighted by atomic mass is 35.5. The topological polar surface area (TPSA) is 54.0 Å². The Bertz CT molecular complexity index is 380. The van der Waals surface area contributed by atoms with Crippen molar-refractivity contribution in [2.45, 2.75) is 19.4 Å². The molecule has 0 spiro atoms. The van der Waals surface area contributed by atoms with Crippen molar-refractivity contribution >= 4 is 29.0 Å². The highest BCUT2D eigenvalue weighted by Crippen LogP contribution is 2.25. The lowest BCUT2D eigenvalue weighted by Crippen LogP contribution is -2.19. The Morgan fingerprint density at radius 2 is 2.36 bits per heavy atom. The minimum atomic E-state index is -0.00660. The molecule has 5 heteroatoms. The van der Waals surface area contributed by atoms with Crippen LogP contribution in [0.25, 0.3) is 0 Å². The number of carbonyl (C=O) groups is 1.